The van der Waals surface area contributed by atoms with Crippen LogP contribution in [0.4, 0.5) is 0 Å². The maximum absolute atomic E-state index is 5.29. The minimum Gasteiger partial charge on any atom is -0.330 e. The lowest BCUT2D eigenvalue weighted by Gasteiger charge is -2.02. The number of imidazole rings is 1. The lowest BCUT2D eigenvalue weighted by atomic mass is 10.2. The summed E-state index contributed by atoms with van der Waals surface area (Å²) in [5, 5.41) is 0. The molecule has 0 amide bonds. The molecule has 3 rings (SSSR count). The van der Waals surface area contributed by atoms with Crippen LogP contribution in [0.3, 0.4) is 0 Å². The van der Waals surface area contributed by atoms with Gasteiger partial charge in [0.15, 0.2) is 4.77 Å². The Labute approximate surface area is 91.8 Å². The molecule has 0 saturated carbocycles. The summed E-state index contributed by atoms with van der Waals surface area (Å²) in [5.74, 6) is 0. The Morgan fingerprint density at radius 2 is 2.27 bits per heavy atom. The summed E-state index contributed by atoms with van der Waals surface area (Å²) in [6.07, 6.45) is 3.68. The zero-order chi connectivity index (χ0) is 10.4. The average Bonchev–Trinajstić information content (AvgIpc) is 2.43. The Hall–Kier alpha value is -1.68. The molecule has 1 aliphatic rings. The van der Waals surface area contributed by atoms with Gasteiger partial charge < -0.3 is 4.98 Å². The summed E-state index contributed by atoms with van der Waals surface area (Å²) in [4.78, 5) is 7.43. The monoisotopic (exact) mass is 215 g/mol. The standard InChI is InChI=1S/C11H9N3S/c1-7-5-12-6-8-3-2-4-9-10(8)14(7)11(15)13-9/h2-6H,1H3,(H,13,15). The molecule has 1 aromatic carbocycles. The zero-order valence-corrected chi connectivity index (χ0v) is 9.01. The van der Waals surface area contributed by atoms with Crippen LogP contribution in [0.25, 0.3) is 16.7 Å². The molecule has 4 heteroatoms. The highest BCUT2D eigenvalue weighted by atomic mass is 32.1. The van der Waals surface area contributed by atoms with Crippen molar-refractivity contribution in [1.82, 2.24) is 9.55 Å². The average molecular weight is 215 g/mol. The van der Waals surface area contributed by atoms with Crippen LogP contribution in [0.5, 0.6) is 0 Å². The molecule has 0 spiro atoms. The van der Waals surface area contributed by atoms with Crippen molar-refractivity contribution in [2.45, 2.75) is 6.92 Å². The van der Waals surface area contributed by atoms with Crippen LogP contribution in [0.15, 0.2) is 29.4 Å². The Morgan fingerprint density at radius 1 is 1.40 bits per heavy atom. The van der Waals surface area contributed by atoms with E-state index < -0.39 is 0 Å². The molecule has 0 unspecified atom stereocenters. The number of allylic oxidation sites excluding steroid dienone is 1. The Morgan fingerprint density at radius 3 is 3.13 bits per heavy atom. The van der Waals surface area contributed by atoms with Crippen LogP contribution < -0.4 is 0 Å². The largest absolute Gasteiger partial charge is 0.330 e. The lowest BCUT2D eigenvalue weighted by Crippen LogP contribution is -1.93. The molecule has 15 heavy (non-hydrogen) atoms. The number of aromatic nitrogens is 2. The van der Waals surface area contributed by atoms with Gasteiger partial charge in [-0.1, -0.05) is 12.1 Å². The fraction of sp³-hybridized carbons (Fsp3) is 0.0909. The number of nitrogens with one attached hydrogen (secondary N) is 1. The van der Waals surface area contributed by atoms with E-state index in [0.717, 1.165) is 27.1 Å². The van der Waals surface area contributed by atoms with E-state index in [0.29, 0.717) is 0 Å². The summed E-state index contributed by atoms with van der Waals surface area (Å²) in [6, 6.07) is 6.06. The maximum atomic E-state index is 5.29. The molecule has 74 valence electrons. The first-order valence-corrected chi connectivity index (χ1v) is 5.12. The first-order valence-electron chi connectivity index (χ1n) is 4.71. The number of hydrogen-bond acceptors (Lipinski definition) is 2. The van der Waals surface area contributed by atoms with Crippen molar-refractivity contribution < 1.29 is 0 Å². The highest BCUT2D eigenvalue weighted by Gasteiger charge is 2.10. The van der Waals surface area contributed by atoms with E-state index in [4.69, 9.17) is 12.2 Å². The number of aliphatic imine (C=N–C) groups is 1. The van der Waals surface area contributed by atoms with Crippen molar-refractivity contribution in [2.24, 2.45) is 4.99 Å². The van der Waals surface area contributed by atoms with Crippen molar-refractivity contribution in [3.8, 4) is 0 Å². The minimum absolute atomic E-state index is 0.719. The summed E-state index contributed by atoms with van der Waals surface area (Å²) >= 11 is 5.29. The van der Waals surface area contributed by atoms with E-state index in [1.165, 1.54) is 0 Å². The second-order valence-corrected chi connectivity index (χ2v) is 3.94. The third-order valence-corrected chi connectivity index (χ3v) is 2.85. The highest BCUT2D eigenvalue weighted by Crippen LogP contribution is 2.23. The van der Waals surface area contributed by atoms with E-state index in [1.807, 2.05) is 42.1 Å². The minimum atomic E-state index is 0.719. The van der Waals surface area contributed by atoms with E-state index in [9.17, 15) is 0 Å². The fourth-order valence-electron chi connectivity index (χ4n) is 1.91. The van der Waals surface area contributed by atoms with Crippen molar-refractivity contribution in [2.75, 3.05) is 0 Å². The summed E-state index contributed by atoms with van der Waals surface area (Å²) in [6.45, 7) is 2.00. The summed E-state index contributed by atoms with van der Waals surface area (Å²) in [7, 11) is 0. The van der Waals surface area contributed by atoms with Gasteiger partial charge in [-0.05, 0) is 25.2 Å². The number of para-hydroxylation sites is 1. The molecule has 3 nitrogen and oxygen atoms in total. The maximum Gasteiger partial charge on any atom is 0.182 e. The van der Waals surface area contributed by atoms with E-state index in [2.05, 4.69) is 9.98 Å². The van der Waals surface area contributed by atoms with Crippen LogP contribution in [0, 0.1) is 4.77 Å². The molecule has 1 N–H and O–H groups in total. The molecular weight excluding hydrogens is 206 g/mol. The molecule has 0 radical (unpaired) electrons. The molecule has 0 atom stereocenters. The van der Waals surface area contributed by atoms with Gasteiger partial charge in [-0.25, -0.2) is 0 Å². The normalized spacial score (nSPS) is 14.1. The van der Waals surface area contributed by atoms with Gasteiger partial charge in [-0.2, -0.15) is 0 Å². The number of rotatable bonds is 0. The van der Waals surface area contributed by atoms with Crippen LogP contribution in [-0.2, 0) is 0 Å². The van der Waals surface area contributed by atoms with E-state index in [1.54, 1.807) is 0 Å². The van der Waals surface area contributed by atoms with Gasteiger partial charge in [0.25, 0.3) is 0 Å². The number of nitrogens with zero attached hydrogens (tertiary/aromatic N) is 2. The SMILES string of the molecule is CC1=CN=Cc2cccc3[nH]c(=S)n1c23. The lowest BCUT2D eigenvalue weighted by molar-refractivity contribution is 1.08. The molecule has 0 bridgehead atoms. The number of aromatic amines is 1. The molecule has 2 heterocycles. The van der Waals surface area contributed by atoms with Crippen LogP contribution in [0.1, 0.15) is 12.5 Å². The van der Waals surface area contributed by atoms with Gasteiger partial charge in [0.1, 0.15) is 0 Å². The first kappa shape index (κ1) is 8.61. The van der Waals surface area contributed by atoms with Crippen LogP contribution in [0.2, 0.25) is 0 Å². The van der Waals surface area contributed by atoms with Gasteiger partial charge in [-0.15, -0.1) is 0 Å². The Kier molecular flexibility index (Phi) is 1.67. The smallest absolute Gasteiger partial charge is 0.182 e. The van der Waals surface area contributed by atoms with Crippen molar-refractivity contribution >= 4 is 35.2 Å². The summed E-state index contributed by atoms with van der Waals surface area (Å²) < 4.78 is 2.74. The van der Waals surface area contributed by atoms with Crippen molar-refractivity contribution in [3.63, 3.8) is 0 Å². The molecule has 1 aromatic heterocycles. The third kappa shape index (κ3) is 1.11. The summed E-state index contributed by atoms with van der Waals surface area (Å²) in [5.41, 5.74) is 4.29. The third-order valence-electron chi connectivity index (χ3n) is 2.56. The van der Waals surface area contributed by atoms with E-state index in [-0.39, 0.29) is 0 Å². The Balaban J connectivity index is 2.62. The highest BCUT2D eigenvalue weighted by molar-refractivity contribution is 7.71. The van der Waals surface area contributed by atoms with Gasteiger partial charge in [-0.3, -0.25) is 9.56 Å². The molecule has 0 aliphatic carbocycles. The molecular formula is C11H9N3S. The van der Waals surface area contributed by atoms with E-state index >= 15 is 0 Å². The van der Waals surface area contributed by atoms with Crippen LogP contribution >= 0.6 is 12.2 Å². The molecule has 0 saturated heterocycles. The van der Waals surface area contributed by atoms with Gasteiger partial charge in [0, 0.05) is 23.7 Å². The number of benzene rings is 1. The van der Waals surface area contributed by atoms with Crippen molar-refractivity contribution in [3.05, 3.63) is 34.7 Å². The predicted molar refractivity (Wildman–Crippen MR) is 64.7 cm³/mol. The molecule has 2 aromatic rings. The molecule has 1 aliphatic heterocycles. The second kappa shape index (κ2) is 2.90. The van der Waals surface area contributed by atoms with Crippen molar-refractivity contribution in [1.29, 1.82) is 0 Å². The van der Waals surface area contributed by atoms with Gasteiger partial charge in [0.2, 0.25) is 0 Å². The molecule has 0 fully saturated rings. The number of H-pyrrole nitrogens is 1. The topological polar surface area (TPSA) is 33.1 Å². The second-order valence-electron chi connectivity index (χ2n) is 3.56. The van der Waals surface area contributed by atoms with Gasteiger partial charge >= 0.3 is 0 Å². The first-order chi connectivity index (χ1) is 7.27. The van der Waals surface area contributed by atoms with Crippen LogP contribution in [-0.4, -0.2) is 15.8 Å². The predicted octanol–water partition coefficient (Wildman–Crippen LogP) is 2.95. The van der Waals surface area contributed by atoms with Gasteiger partial charge in [0.05, 0.1) is 11.0 Å². The zero-order valence-electron chi connectivity index (χ0n) is 8.19. The Bertz CT molecular complexity index is 658. The quantitative estimate of drug-likeness (QED) is 0.673. The fourth-order valence-corrected chi connectivity index (χ4v) is 2.25. The number of hydrogen-bond donors (Lipinski definition) is 1.